The zero-order valence-electron chi connectivity index (χ0n) is 18.9. The molecule has 1 aliphatic heterocycles. The summed E-state index contributed by atoms with van der Waals surface area (Å²) in [6, 6.07) is 16.1. The van der Waals surface area contributed by atoms with Gasteiger partial charge in [0.1, 0.15) is 29.6 Å². The Hall–Kier alpha value is -3.69. The lowest BCUT2D eigenvalue weighted by atomic mass is 10.1. The largest absolute Gasteiger partial charge is 0.497 e. The van der Waals surface area contributed by atoms with Crippen molar-refractivity contribution in [2.75, 3.05) is 13.8 Å². The molecule has 36 heavy (non-hydrogen) atoms. The van der Waals surface area contributed by atoms with E-state index >= 15 is 0 Å². The molecule has 4 aromatic rings. The first-order valence-electron chi connectivity index (χ1n) is 10.8. The zero-order valence-corrected chi connectivity index (χ0v) is 19.7. The molecule has 0 saturated carbocycles. The highest BCUT2D eigenvalue weighted by Gasteiger charge is 2.41. The summed E-state index contributed by atoms with van der Waals surface area (Å²) >= 11 is 6.26. The summed E-state index contributed by atoms with van der Waals surface area (Å²) in [6.07, 6.45) is -4.99. The quantitative estimate of drug-likeness (QED) is 0.296. The molecule has 1 aliphatic rings. The minimum atomic E-state index is -4.99. The Balaban J connectivity index is 1.59. The second-order valence-corrected chi connectivity index (χ2v) is 8.55. The zero-order chi connectivity index (χ0) is 25.4. The molecular formula is C26H19ClF3NO5. The lowest BCUT2D eigenvalue weighted by molar-refractivity contribution is -0.154. The van der Waals surface area contributed by atoms with E-state index in [-0.39, 0.29) is 30.0 Å². The number of hydrogen-bond acceptors (Lipinski definition) is 6. The van der Waals surface area contributed by atoms with E-state index in [1.165, 1.54) is 31.4 Å². The van der Waals surface area contributed by atoms with Crippen molar-refractivity contribution in [1.29, 1.82) is 0 Å². The Kier molecular flexibility index (Phi) is 6.27. The first-order valence-corrected chi connectivity index (χ1v) is 11.2. The van der Waals surface area contributed by atoms with E-state index in [2.05, 4.69) is 0 Å². The van der Waals surface area contributed by atoms with E-state index < -0.39 is 23.1 Å². The SMILES string of the molecule is COc1cccc(Oc2c(C(F)(F)F)oc3c4c(ccc3c2=O)OCN(Cc2ccccc2Cl)C4)c1. The van der Waals surface area contributed by atoms with Gasteiger partial charge in [-0.1, -0.05) is 35.9 Å². The second kappa shape index (κ2) is 9.40. The summed E-state index contributed by atoms with van der Waals surface area (Å²) in [5.41, 5.74) is 0.0169. The molecule has 3 aromatic carbocycles. The summed E-state index contributed by atoms with van der Waals surface area (Å²) < 4.78 is 63.8. The van der Waals surface area contributed by atoms with Crippen molar-refractivity contribution in [2.45, 2.75) is 19.3 Å². The summed E-state index contributed by atoms with van der Waals surface area (Å²) in [5.74, 6) is -1.78. The van der Waals surface area contributed by atoms with E-state index in [0.717, 1.165) is 5.56 Å². The van der Waals surface area contributed by atoms with Crippen LogP contribution < -0.4 is 19.6 Å². The topological polar surface area (TPSA) is 61.1 Å². The predicted molar refractivity (Wildman–Crippen MR) is 127 cm³/mol. The lowest BCUT2D eigenvalue weighted by Gasteiger charge is -2.29. The number of halogens is 4. The van der Waals surface area contributed by atoms with Gasteiger partial charge in [-0.3, -0.25) is 9.69 Å². The number of fused-ring (bicyclic) bond motifs is 3. The van der Waals surface area contributed by atoms with Crippen LogP contribution in [0.1, 0.15) is 16.9 Å². The van der Waals surface area contributed by atoms with Crippen LogP contribution in [0.15, 0.2) is 69.9 Å². The number of rotatable bonds is 5. The normalized spacial score (nSPS) is 13.8. The molecule has 2 heterocycles. The second-order valence-electron chi connectivity index (χ2n) is 8.14. The molecule has 0 atom stereocenters. The van der Waals surface area contributed by atoms with Gasteiger partial charge in [0.25, 0.3) is 5.76 Å². The standard InChI is InChI=1S/C26H19ClF3NO5/c1-33-16-6-4-7-17(11-16)35-24-22(32)18-9-10-21-19(23(18)36-25(24)26(28,29)30)13-31(14-34-21)12-15-5-2-3-8-20(15)27/h2-11H,12-14H2,1H3. The minimum Gasteiger partial charge on any atom is -0.497 e. The predicted octanol–water partition coefficient (Wildman–Crippen LogP) is 6.62. The van der Waals surface area contributed by atoms with Crippen LogP contribution in [0.5, 0.6) is 23.0 Å². The van der Waals surface area contributed by atoms with Gasteiger partial charge >= 0.3 is 6.18 Å². The highest BCUT2D eigenvalue weighted by Crippen LogP contribution is 2.41. The third-order valence-corrected chi connectivity index (χ3v) is 6.10. The van der Waals surface area contributed by atoms with Crippen LogP contribution in [0.2, 0.25) is 5.02 Å². The molecule has 6 nitrogen and oxygen atoms in total. The molecule has 0 radical (unpaired) electrons. The molecule has 0 unspecified atom stereocenters. The molecule has 10 heteroatoms. The van der Waals surface area contributed by atoms with Gasteiger partial charge in [0.05, 0.1) is 18.1 Å². The van der Waals surface area contributed by atoms with E-state index in [4.69, 9.17) is 30.2 Å². The summed E-state index contributed by atoms with van der Waals surface area (Å²) in [6.45, 7) is 0.772. The van der Waals surface area contributed by atoms with Crippen molar-refractivity contribution in [3.05, 3.63) is 92.8 Å². The van der Waals surface area contributed by atoms with Gasteiger partial charge in [0.2, 0.25) is 11.2 Å². The summed E-state index contributed by atoms with van der Waals surface area (Å²) in [5, 5.41) is 0.509. The monoisotopic (exact) mass is 517 g/mol. The van der Waals surface area contributed by atoms with Gasteiger partial charge in [-0.25, -0.2) is 0 Å². The Morgan fingerprint density at radius 3 is 2.58 bits per heavy atom. The molecule has 0 aliphatic carbocycles. The molecular weight excluding hydrogens is 499 g/mol. The van der Waals surface area contributed by atoms with Gasteiger partial charge in [-0.2, -0.15) is 13.2 Å². The van der Waals surface area contributed by atoms with Crippen molar-refractivity contribution < 1.29 is 31.8 Å². The first kappa shape index (κ1) is 24.0. The Bertz CT molecular complexity index is 1500. The maximum atomic E-state index is 14.1. The van der Waals surface area contributed by atoms with Gasteiger partial charge < -0.3 is 18.6 Å². The van der Waals surface area contributed by atoms with Gasteiger partial charge in [-0.15, -0.1) is 0 Å². The minimum absolute atomic E-state index is 0.00120. The number of benzene rings is 3. The van der Waals surface area contributed by atoms with Crippen LogP contribution in [-0.2, 0) is 19.3 Å². The molecule has 0 fully saturated rings. The van der Waals surface area contributed by atoms with Crippen molar-refractivity contribution in [2.24, 2.45) is 0 Å². The molecule has 186 valence electrons. The van der Waals surface area contributed by atoms with E-state index in [9.17, 15) is 18.0 Å². The fraction of sp³-hybridized carbons (Fsp3) is 0.192. The van der Waals surface area contributed by atoms with Gasteiger partial charge in [-0.05, 0) is 35.9 Å². The van der Waals surface area contributed by atoms with E-state index in [1.807, 2.05) is 17.0 Å². The number of nitrogens with zero attached hydrogens (tertiary/aromatic N) is 1. The molecule has 1 aromatic heterocycles. The number of alkyl halides is 3. The molecule has 0 spiro atoms. The van der Waals surface area contributed by atoms with Crippen molar-refractivity contribution >= 4 is 22.6 Å². The van der Waals surface area contributed by atoms with E-state index in [0.29, 0.717) is 28.6 Å². The van der Waals surface area contributed by atoms with Crippen molar-refractivity contribution in [3.63, 3.8) is 0 Å². The fourth-order valence-electron chi connectivity index (χ4n) is 4.02. The smallest absolute Gasteiger partial charge is 0.453 e. The Labute approximate surface area is 208 Å². The van der Waals surface area contributed by atoms with Crippen LogP contribution >= 0.6 is 11.6 Å². The van der Waals surface area contributed by atoms with Gasteiger partial charge in [0, 0.05) is 24.2 Å². The molecule has 5 rings (SSSR count). The lowest BCUT2D eigenvalue weighted by Crippen LogP contribution is -2.32. The average Bonchev–Trinajstić information content (AvgIpc) is 2.86. The molecule has 0 bridgehead atoms. The van der Waals surface area contributed by atoms with E-state index in [1.54, 1.807) is 24.3 Å². The third-order valence-electron chi connectivity index (χ3n) is 5.73. The summed E-state index contributed by atoms with van der Waals surface area (Å²) in [7, 11) is 1.41. The number of hydrogen-bond donors (Lipinski definition) is 0. The van der Waals surface area contributed by atoms with Gasteiger partial charge in [0.15, 0.2) is 0 Å². The highest BCUT2D eigenvalue weighted by atomic mass is 35.5. The van der Waals surface area contributed by atoms with Crippen LogP contribution in [0.4, 0.5) is 13.2 Å². The molecule has 0 saturated heterocycles. The number of methoxy groups -OCH3 is 1. The molecule has 0 N–H and O–H groups in total. The Morgan fingerprint density at radius 1 is 1.06 bits per heavy atom. The fourth-order valence-corrected chi connectivity index (χ4v) is 4.22. The van der Waals surface area contributed by atoms with Crippen LogP contribution in [0.3, 0.4) is 0 Å². The van der Waals surface area contributed by atoms with Crippen LogP contribution in [0, 0.1) is 0 Å². The van der Waals surface area contributed by atoms with Crippen LogP contribution in [0.25, 0.3) is 11.0 Å². The molecule has 0 amide bonds. The first-order chi connectivity index (χ1) is 17.2. The number of ether oxygens (including phenoxy) is 3. The maximum Gasteiger partial charge on any atom is 0.453 e. The Morgan fingerprint density at radius 2 is 1.83 bits per heavy atom. The summed E-state index contributed by atoms with van der Waals surface area (Å²) in [4.78, 5) is 15.1. The maximum absolute atomic E-state index is 14.1. The van der Waals surface area contributed by atoms with Crippen molar-refractivity contribution in [3.8, 4) is 23.0 Å². The average molecular weight is 518 g/mol. The van der Waals surface area contributed by atoms with Crippen molar-refractivity contribution in [1.82, 2.24) is 4.90 Å². The third kappa shape index (κ3) is 4.59. The van der Waals surface area contributed by atoms with Crippen LogP contribution in [-0.4, -0.2) is 18.7 Å². The highest BCUT2D eigenvalue weighted by molar-refractivity contribution is 6.31.